The van der Waals surface area contributed by atoms with Gasteiger partial charge in [0.05, 0.1) is 6.67 Å². The van der Waals surface area contributed by atoms with Gasteiger partial charge in [-0.3, -0.25) is 9.18 Å². The fourth-order valence-corrected chi connectivity index (χ4v) is 2.76. The molecule has 0 radical (unpaired) electrons. The molecule has 1 atom stereocenters. The number of halogens is 1. The number of hydrogen-bond acceptors (Lipinski definition) is 1. The Balaban J connectivity index is 3.07. The Morgan fingerprint density at radius 2 is 1.19 bits per heavy atom. The van der Waals surface area contributed by atoms with Crippen LogP contribution < -0.4 is 0 Å². The number of carboxylic acid groups (broad SMARTS) is 1. The van der Waals surface area contributed by atoms with Gasteiger partial charge in [-0.25, -0.2) is 0 Å². The summed E-state index contributed by atoms with van der Waals surface area (Å²) in [5, 5.41) is 8.67. The van der Waals surface area contributed by atoms with Gasteiger partial charge < -0.3 is 5.11 Å². The van der Waals surface area contributed by atoms with Crippen LogP contribution >= 0.6 is 0 Å². The zero-order valence-corrected chi connectivity index (χ0v) is 13.9. The second-order valence-corrected chi connectivity index (χ2v) is 6.42. The van der Waals surface area contributed by atoms with Gasteiger partial charge in [0.25, 0.3) is 0 Å². The Morgan fingerprint density at radius 3 is 1.57 bits per heavy atom. The molecule has 0 fully saturated rings. The van der Waals surface area contributed by atoms with Gasteiger partial charge in [-0.05, 0) is 12.3 Å². The van der Waals surface area contributed by atoms with Gasteiger partial charge in [-0.15, -0.1) is 0 Å². The van der Waals surface area contributed by atoms with Crippen molar-refractivity contribution in [1.29, 1.82) is 0 Å². The van der Waals surface area contributed by atoms with Crippen molar-refractivity contribution >= 4 is 5.97 Å². The monoisotopic (exact) mass is 302 g/mol. The van der Waals surface area contributed by atoms with E-state index >= 15 is 0 Å². The molecule has 0 saturated carbocycles. The molecule has 0 aliphatic carbocycles. The smallest absolute Gasteiger partial charge is 0.303 e. The largest absolute Gasteiger partial charge is 0.481 e. The quantitative estimate of drug-likeness (QED) is 0.348. The van der Waals surface area contributed by atoms with Gasteiger partial charge in [-0.1, -0.05) is 84.0 Å². The lowest BCUT2D eigenvalue weighted by atomic mass is 9.99. The lowest BCUT2D eigenvalue weighted by Crippen LogP contribution is -2.03. The molecular weight excluding hydrogens is 267 g/mol. The summed E-state index contributed by atoms with van der Waals surface area (Å²) in [7, 11) is 0. The molecule has 0 heterocycles. The third-order valence-corrected chi connectivity index (χ3v) is 4.10. The first-order valence-corrected chi connectivity index (χ1v) is 8.94. The second-order valence-electron chi connectivity index (χ2n) is 6.42. The summed E-state index contributed by atoms with van der Waals surface area (Å²) in [6.45, 7) is 1.87. The highest BCUT2D eigenvalue weighted by Gasteiger charge is 2.06. The summed E-state index contributed by atoms with van der Waals surface area (Å²) in [6, 6.07) is 0. The van der Waals surface area contributed by atoms with Crippen LogP contribution in [0.15, 0.2) is 0 Å². The second kappa shape index (κ2) is 15.8. The molecule has 0 bridgehead atoms. The molecule has 0 aromatic carbocycles. The van der Waals surface area contributed by atoms with Crippen LogP contribution in [0.2, 0.25) is 0 Å². The summed E-state index contributed by atoms with van der Waals surface area (Å²) in [5.74, 6) is -0.355. The van der Waals surface area contributed by atoms with Crippen molar-refractivity contribution in [2.75, 3.05) is 6.67 Å². The molecule has 0 spiro atoms. The van der Waals surface area contributed by atoms with E-state index in [0.717, 1.165) is 19.3 Å². The van der Waals surface area contributed by atoms with Crippen molar-refractivity contribution in [1.82, 2.24) is 0 Å². The van der Waals surface area contributed by atoms with Gasteiger partial charge in [0, 0.05) is 6.42 Å². The number of alkyl halides is 1. The molecule has 0 amide bonds. The Bertz CT molecular complexity index is 231. The molecule has 0 saturated heterocycles. The van der Waals surface area contributed by atoms with Gasteiger partial charge in [0.15, 0.2) is 0 Å². The highest BCUT2D eigenvalue weighted by molar-refractivity contribution is 5.66. The van der Waals surface area contributed by atoms with Crippen molar-refractivity contribution in [3.05, 3.63) is 0 Å². The van der Waals surface area contributed by atoms with Crippen molar-refractivity contribution in [2.24, 2.45) is 5.92 Å². The third-order valence-electron chi connectivity index (χ3n) is 4.10. The molecule has 0 rings (SSSR count). The molecule has 0 aliphatic heterocycles. The third kappa shape index (κ3) is 17.3. The molecule has 3 heteroatoms. The maximum absolute atomic E-state index is 11.9. The molecule has 21 heavy (non-hydrogen) atoms. The van der Waals surface area contributed by atoms with Crippen molar-refractivity contribution in [2.45, 2.75) is 96.8 Å². The first-order valence-electron chi connectivity index (χ1n) is 8.94. The number of aliphatic carboxylic acids is 1. The SMILES string of the molecule is CC(CCCCCCCCCCCCCCF)CC(=O)O. The maximum atomic E-state index is 11.9. The van der Waals surface area contributed by atoms with Crippen LogP contribution in [-0.4, -0.2) is 17.8 Å². The Kier molecular flexibility index (Phi) is 15.3. The first kappa shape index (κ1) is 20.4. The normalized spacial score (nSPS) is 12.5. The van der Waals surface area contributed by atoms with Crippen LogP contribution in [0.25, 0.3) is 0 Å². The van der Waals surface area contributed by atoms with Crippen LogP contribution in [0.5, 0.6) is 0 Å². The van der Waals surface area contributed by atoms with E-state index in [4.69, 9.17) is 5.11 Å². The Labute approximate surface area is 130 Å². The zero-order chi connectivity index (χ0) is 15.8. The fourth-order valence-electron chi connectivity index (χ4n) is 2.76. The Hall–Kier alpha value is -0.600. The fraction of sp³-hybridized carbons (Fsp3) is 0.944. The minimum absolute atomic E-state index is 0.158. The molecular formula is C18H35FO2. The minimum atomic E-state index is -0.674. The number of unbranched alkanes of at least 4 members (excludes halogenated alkanes) is 11. The summed E-state index contributed by atoms with van der Waals surface area (Å²) in [4.78, 5) is 10.5. The van der Waals surface area contributed by atoms with Crippen LogP contribution in [0.4, 0.5) is 4.39 Å². The number of hydrogen-bond donors (Lipinski definition) is 1. The highest BCUT2D eigenvalue weighted by Crippen LogP contribution is 2.15. The number of carbonyl (C=O) groups is 1. The van der Waals surface area contributed by atoms with Crippen LogP contribution in [0, 0.1) is 5.92 Å². The number of rotatable bonds is 16. The van der Waals surface area contributed by atoms with E-state index in [0.29, 0.717) is 12.3 Å². The van der Waals surface area contributed by atoms with E-state index < -0.39 is 5.97 Å². The van der Waals surface area contributed by atoms with E-state index in [1.807, 2.05) is 6.92 Å². The molecule has 0 aliphatic rings. The van der Waals surface area contributed by atoms with Gasteiger partial charge in [0.1, 0.15) is 0 Å². The number of carboxylic acids is 1. The molecule has 0 aromatic rings. The van der Waals surface area contributed by atoms with E-state index in [1.165, 1.54) is 64.2 Å². The van der Waals surface area contributed by atoms with Gasteiger partial charge in [-0.2, -0.15) is 0 Å². The van der Waals surface area contributed by atoms with Gasteiger partial charge >= 0.3 is 5.97 Å². The van der Waals surface area contributed by atoms with E-state index in [1.54, 1.807) is 0 Å². The van der Waals surface area contributed by atoms with Crippen LogP contribution in [0.3, 0.4) is 0 Å². The van der Waals surface area contributed by atoms with Crippen molar-refractivity contribution in [3.8, 4) is 0 Å². The molecule has 1 unspecified atom stereocenters. The first-order chi connectivity index (χ1) is 10.2. The van der Waals surface area contributed by atoms with E-state index in [9.17, 15) is 9.18 Å². The van der Waals surface area contributed by atoms with E-state index in [2.05, 4.69) is 0 Å². The Morgan fingerprint density at radius 1 is 0.810 bits per heavy atom. The average Bonchev–Trinajstić information content (AvgIpc) is 2.43. The predicted molar refractivity (Wildman–Crippen MR) is 87.4 cm³/mol. The lowest BCUT2D eigenvalue weighted by molar-refractivity contribution is -0.138. The minimum Gasteiger partial charge on any atom is -0.481 e. The predicted octanol–water partition coefficient (Wildman–Crippen LogP) is 6.14. The zero-order valence-electron chi connectivity index (χ0n) is 13.9. The summed E-state index contributed by atoms with van der Waals surface area (Å²) >= 11 is 0. The lowest BCUT2D eigenvalue weighted by Gasteiger charge is -2.07. The van der Waals surface area contributed by atoms with Gasteiger partial charge in [0.2, 0.25) is 0 Å². The van der Waals surface area contributed by atoms with E-state index in [-0.39, 0.29) is 6.67 Å². The van der Waals surface area contributed by atoms with Crippen LogP contribution in [-0.2, 0) is 4.79 Å². The molecule has 2 nitrogen and oxygen atoms in total. The topological polar surface area (TPSA) is 37.3 Å². The van der Waals surface area contributed by atoms with Crippen molar-refractivity contribution in [3.63, 3.8) is 0 Å². The van der Waals surface area contributed by atoms with Crippen molar-refractivity contribution < 1.29 is 14.3 Å². The molecule has 0 aromatic heterocycles. The summed E-state index contributed by atoms with van der Waals surface area (Å²) in [5.41, 5.74) is 0. The highest BCUT2D eigenvalue weighted by atomic mass is 19.1. The summed E-state index contributed by atoms with van der Waals surface area (Å²) in [6.07, 6.45) is 15.9. The average molecular weight is 302 g/mol. The van der Waals surface area contributed by atoms with Crippen LogP contribution in [0.1, 0.15) is 96.8 Å². The molecule has 1 N–H and O–H groups in total. The summed E-state index contributed by atoms with van der Waals surface area (Å²) < 4.78 is 11.9. The molecule has 126 valence electrons. The standard InChI is InChI=1S/C18H35FO2/c1-17(16-18(20)21)14-12-10-8-6-4-2-3-5-7-9-11-13-15-19/h17H,2-16H2,1H3,(H,20,21). The maximum Gasteiger partial charge on any atom is 0.303 e.